The summed E-state index contributed by atoms with van der Waals surface area (Å²) in [5.41, 5.74) is 6.88. The van der Waals surface area contributed by atoms with Crippen molar-refractivity contribution in [2.75, 3.05) is 26.9 Å². The summed E-state index contributed by atoms with van der Waals surface area (Å²) in [6, 6.07) is 6.23. The molecule has 0 aliphatic rings. The molecule has 0 heterocycles. The molecule has 0 aliphatic carbocycles. The zero-order valence-corrected chi connectivity index (χ0v) is 14.5. The Morgan fingerprint density at radius 1 is 1.25 bits per heavy atom. The van der Waals surface area contributed by atoms with Gasteiger partial charge in [0.2, 0.25) is 0 Å². The first-order valence-electron chi connectivity index (χ1n) is 7.33. The summed E-state index contributed by atoms with van der Waals surface area (Å²) in [5, 5.41) is 1.38. The summed E-state index contributed by atoms with van der Waals surface area (Å²) in [5.74, 6) is 0.967. The molecule has 2 atom stereocenters. The Morgan fingerprint density at radius 2 is 1.90 bits per heavy atom. The van der Waals surface area contributed by atoms with Crippen molar-refractivity contribution in [2.45, 2.75) is 39.7 Å². The third-order valence-corrected chi connectivity index (χ3v) is 3.78. The summed E-state index contributed by atoms with van der Waals surface area (Å²) >= 11 is 0. The summed E-state index contributed by atoms with van der Waals surface area (Å²) in [6.45, 7) is 9.59. The molecule has 0 bridgehead atoms. The minimum atomic E-state index is -0.0348. The smallest absolute Gasteiger partial charge is 0.123 e. The van der Waals surface area contributed by atoms with Gasteiger partial charge < -0.3 is 15.2 Å². The normalized spacial score (nSPS) is 12.1. The first-order chi connectivity index (χ1) is 9.68. The maximum atomic E-state index is 5.81. The van der Waals surface area contributed by atoms with Gasteiger partial charge in [-0.05, 0) is 24.5 Å². The Morgan fingerprint density at radius 3 is 2.35 bits per heavy atom. The van der Waals surface area contributed by atoms with Crippen molar-refractivity contribution in [1.82, 2.24) is 0 Å². The predicted octanol–water partition coefficient (Wildman–Crippen LogP) is 2.95. The fraction of sp³-hybridized carbons (Fsp3) is 0.625. The molecule has 20 heavy (non-hydrogen) atoms. The molecule has 2 unspecified atom stereocenters. The van der Waals surface area contributed by atoms with Gasteiger partial charge in [0.05, 0.1) is 0 Å². The first kappa shape index (κ1) is 19.4. The number of ether oxygens (including phenoxy) is 2. The van der Waals surface area contributed by atoms with E-state index < -0.39 is 0 Å². The second-order valence-electron chi connectivity index (χ2n) is 4.50. The van der Waals surface area contributed by atoms with Crippen LogP contribution in [0.3, 0.4) is 0 Å². The minimum absolute atomic E-state index is 0.0348. The molecule has 116 valence electrons. The predicted molar refractivity (Wildman–Crippen MR) is 91.0 cm³/mol. The highest BCUT2D eigenvalue weighted by atomic mass is 31.1. The van der Waals surface area contributed by atoms with Gasteiger partial charge in [-0.2, -0.15) is 0 Å². The van der Waals surface area contributed by atoms with Crippen LogP contribution in [0.25, 0.3) is 0 Å². The summed E-state index contributed by atoms with van der Waals surface area (Å²) in [6.07, 6.45) is 2.21. The van der Waals surface area contributed by atoms with Crippen LogP contribution in [0.1, 0.15) is 32.8 Å². The van der Waals surface area contributed by atoms with Crippen molar-refractivity contribution in [3.63, 3.8) is 0 Å². The van der Waals surface area contributed by atoms with Gasteiger partial charge in [0.1, 0.15) is 18.5 Å². The van der Waals surface area contributed by atoms with Crippen molar-refractivity contribution in [2.24, 2.45) is 5.73 Å². The van der Waals surface area contributed by atoms with Gasteiger partial charge in [0.15, 0.2) is 0 Å². The van der Waals surface area contributed by atoms with Gasteiger partial charge in [-0.15, -0.1) is 0 Å². The standard InChI is InChI=1S/C13H22NO2P.C3H8/c1-4-11-12(6-5-7-13(11)17-3)16-9-10(8-14)15-2;1-3-2/h5-7,10,17H,4,8-9,14H2,1-3H3;3H2,1-2H3. The maximum absolute atomic E-state index is 5.81. The molecule has 1 aromatic carbocycles. The lowest BCUT2D eigenvalue weighted by Crippen LogP contribution is -2.29. The summed E-state index contributed by atoms with van der Waals surface area (Å²) in [7, 11) is 2.45. The number of hydrogen-bond acceptors (Lipinski definition) is 3. The Labute approximate surface area is 126 Å². The van der Waals surface area contributed by atoms with E-state index in [0.29, 0.717) is 13.2 Å². The van der Waals surface area contributed by atoms with Gasteiger partial charge >= 0.3 is 0 Å². The fourth-order valence-corrected chi connectivity index (χ4v) is 2.58. The van der Waals surface area contributed by atoms with E-state index in [0.717, 1.165) is 20.8 Å². The summed E-state index contributed by atoms with van der Waals surface area (Å²) in [4.78, 5) is 0. The van der Waals surface area contributed by atoms with Crippen LogP contribution in [-0.2, 0) is 11.2 Å². The van der Waals surface area contributed by atoms with Gasteiger partial charge in [0, 0.05) is 19.2 Å². The molecule has 0 spiro atoms. The average molecular weight is 299 g/mol. The Kier molecular flexibility index (Phi) is 11.8. The highest BCUT2D eigenvalue weighted by Gasteiger charge is 2.10. The van der Waals surface area contributed by atoms with Crippen LogP contribution in [0.4, 0.5) is 0 Å². The third kappa shape index (κ3) is 6.69. The lowest BCUT2D eigenvalue weighted by atomic mass is 10.1. The monoisotopic (exact) mass is 299 g/mol. The van der Waals surface area contributed by atoms with Crippen LogP contribution in [0.15, 0.2) is 18.2 Å². The van der Waals surface area contributed by atoms with E-state index in [1.165, 1.54) is 17.3 Å². The lowest BCUT2D eigenvalue weighted by Gasteiger charge is -2.17. The molecule has 1 rings (SSSR count). The fourth-order valence-electron chi connectivity index (χ4n) is 1.71. The van der Waals surface area contributed by atoms with Crippen molar-refractivity contribution >= 4 is 13.9 Å². The molecule has 4 heteroatoms. The second kappa shape index (κ2) is 12.1. The Bertz CT molecular complexity index is 354. The molecule has 0 saturated carbocycles. The molecule has 0 aliphatic heterocycles. The second-order valence-corrected chi connectivity index (χ2v) is 5.54. The molecule has 3 nitrogen and oxygen atoms in total. The first-order valence-corrected chi connectivity index (χ1v) is 8.83. The topological polar surface area (TPSA) is 44.5 Å². The van der Waals surface area contributed by atoms with E-state index >= 15 is 0 Å². The van der Waals surface area contributed by atoms with Crippen LogP contribution in [0, 0.1) is 0 Å². The van der Waals surface area contributed by atoms with E-state index in [9.17, 15) is 0 Å². The number of hydrogen-bond donors (Lipinski definition) is 1. The number of benzene rings is 1. The molecule has 0 amide bonds. The van der Waals surface area contributed by atoms with Gasteiger partial charge in [-0.1, -0.05) is 47.9 Å². The van der Waals surface area contributed by atoms with Crippen LogP contribution in [0.2, 0.25) is 0 Å². The average Bonchev–Trinajstić information content (AvgIpc) is 2.48. The highest BCUT2D eigenvalue weighted by Crippen LogP contribution is 2.21. The van der Waals surface area contributed by atoms with E-state index in [1.54, 1.807) is 7.11 Å². The zero-order valence-electron chi connectivity index (χ0n) is 13.5. The molecule has 0 fully saturated rings. The van der Waals surface area contributed by atoms with Crippen LogP contribution >= 0.6 is 8.58 Å². The van der Waals surface area contributed by atoms with E-state index in [2.05, 4.69) is 33.5 Å². The SMILES string of the molecule is CCC.CCc1c(OCC(CN)OC)cccc1PC. The van der Waals surface area contributed by atoms with Crippen molar-refractivity contribution in [3.05, 3.63) is 23.8 Å². The quantitative estimate of drug-likeness (QED) is 0.787. The van der Waals surface area contributed by atoms with Crippen molar-refractivity contribution < 1.29 is 9.47 Å². The molecular weight excluding hydrogens is 269 g/mol. The number of methoxy groups -OCH3 is 1. The maximum Gasteiger partial charge on any atom is 0.123 e. The minimum Gasteiger partial charge on any atom is -0.491 e. The van der Waals surface area contributed by atoms with Crippen LogP contribution < -0.4 is 15.8 Å². The van der Waals surface area contributed by atoms with Gasteiger partial charge in [-0.25, -0.2) is 0 Å². The number of nitrogens with two attached hydrogens (primary N) is 1. The van der Waals surface area contributed by atoms with Gasteiger partial charge in [-0.3, -0.25) is 0 Å². The number of rotatable bonds is 7. The van der Waals surface area contributed by atoms with E-state index in [-0.39, 0.29) is 6.10 Å². The summed E-state index contributed by atoms with van der Waals surface area (Å²) < 4.78 is 11.0. The van der Waals surface area contributed by atoms with Crippen molar-refractivity contribution in [3.8, 4) is 5.75 Å². The molecular formula is C16H30NO2P. The largest absolute Gasteiger partial charge is 0.491 e. The lowest BCUT2D eigenvalue weighted by molar-refractivity contribution is 0.0641. The van der Waals surface area contributed by atoms with E-state index in [1.807, 2.05) is 12.1 Å². The zero-order chi connectivity index (χ0) is 15.4. The molecule has 1 aromatic rings. The highest BCUT2D eigenvalue weighted by molar-refractivity contribution is 7.46. The third-order valence-electron chi connectivity index (χ3n) is 2.78. The van der Waals surface area contributed by atoms with E-state index in [4.69, 9.17) is 15.2 Å². The molecule has 0 aromatic heterocycles. The van der Waals surface area contributed by atoms with Crippen LogP contribution in [0.5, 0.6) is 5.75 Å². The molecule has 2 N–H and O–H groups in total. The Hall–Kier alpha value is -0.630. The van der Waals surface area contributed by atoms with Gasteiger partial charge in [0.25, 0.3) is 0 Å². The van der Waals surface area contributed by atoms with Crippen molar-refractivity contribution in [1.29, 1.82) is 0 Å². The molecule has 0 radical (unpaired) electrons. The van der Waals surface area contributed by atoms with Crippen LogP contribution in [-0.4, -0.2) is 33.0 Å². The molecule has 0 saturated heterocycles. The Balaban J connectivity index is 0.00000110.